The topological polar surface area (TPSA) is 59.9 Å². The van der Waals surface area contributed by atoms with E-state index in [2.05, 4.69) is 10.5 Å². The quantitative estimate of drug-likeness (QED) is 0.176. The number of benzene rings is 4. The van der Waals surface area contributed by atoms with Crippen molar-refractivity contribution in [1.29, 1.82) is 0 Å². The SMILES string of the molecule is O=C(N/N=C/c1cccc(OCc2ccc(Cl)cc2Cl)c1)c1ccccc1OCc1ccccc1Cl. The number of para-hydroxylation sites is 1. The van der Waals surface area contributed by atoms with Gasteiger partial charge in [-0.25, -0.2) is 5.43 Å². The van der Waals surface area contributed by atoms with Crippen LogP contribution in [0.1, 0.15) is 27.0 Å². The van der Waals surface area contributed by atoms with Crippen LogP contribution >= 0.6 is 34.8 Å². The third-order valence-electron chi connectivity index (χ3n) is 5.12. The Kier molecular flexibility index (Phi) is 8.85. The fraction of sp³-hybridized carbons (Fsp3) is 0.0714. The molecule has 4 aromatic rings. The van der Waals surface area contributed by atoms with Crippen molar-refractivity contribution in [3.05, 3.63) is 128 Å². The normalized spacial score (nSPS) is 10.9. The van der Waals surface area contributed by atoms with Crippen molar-refractivity contribution in [3.8, 4) is 11.5 Å². The average Bonchev–Trinajstić information content (AvgIpc) is 2.88. The lowest BCUT2D eigenvalue weighted by atomic mass is 10.2. The summed E-state index contributed by atoms with van der Waals surface area (Å²) < 4.78 is 11.7. The largest absolute Gasteiger partial charge is 0.489 e. The number of hydrazone groups is 1. The molecule has 0 aliphatic carbocycles. The van der Waals surface area contributed by atoms with E-state index >= 15 is 0 Å². The van der Waals surface area contributed by atoms with E-state index in [0.717, 1.165) is 16.7 Å². The average molecular weight is 540 g/mol. The molecule has 5 nitrogen and oxygen atoms in total. The molecule has 0 bridgehead atoms. The maximum Gasteiger partial charge on any atom is 0.275 e. The Balaban J connectivity index is 1.36. The number of hydrogen-bond acceptors (Lipinski definition) is 4. The van der Waals surface area contributed by atoms with E-state index in [4.69, 9.17) is 44.3 Å². The second kappa shape index (κ2) is 12.5. The molecule has 1 N–H and O–H groups in total. The minimum atomic E-state index is -0.397. The molecule has 0 aliphatic heterocycles. The van der Waals surface area contributed by atoms with Crippen LogP contribution in [0.15, 0.2) is 96.1 Å². The van der Waals surface area contributed by atoms with E-state index in [0.29, 0.717) is 32.1 Å². The van der Waals surface area contributed by atoms with Crippen LogP contribution in [0.2, 0.25) is 15.1 Å². The summed E-state index contributed by atoms with van der Waals surface area (Å²) in [7, 11) is 0. The molecule has 8 heteroatoms. The second-order valence-corrected chi connectivity index (χ2v) is 8.92. The van der Waals surface area contributed by atoms with Gasteiger partial charge in [0.05, 0.1) is 11.8 Å². The summed E-state index contributed by atoms with van der Waals surface area (Å²) in [5, 5.41) is 5.79. The lowest BCUT2D eigenvalue weighted by Crippen LogP contribution is -2.18. The Morgan fingerprint density at radius 1 is 0.778 bits per heavy atom. The standard InChI is InChI=1S/C28H21Cl3N2O3/c29-22-13-12-21(26(31)15-22)17-35-23-8-5-6-19(14-23)16-32-33-28(34)24-9-2-4-11-27(24)36-18-20-7-1-3-10-25(20)30/h1-16H,17-18H2,(H,33,34)/b32-16+. The van der Waals surface area contributed by atoms with Crippen molar-refractivity contribution in [2.45, 2.75) is 13.2 Å². The molecule has 1 amide bonds. The maximum atomic E-state index is 12.7. The molecule has 4 rings (SSSR count). The highest BCUT2D eigenvalue weighted by Crippen LogP contribution is 2.24. The van der Waals surface area contributed by atoms with Gasteiger partial charge < -0.3 is 9.47 Å². The van der Waals surface area contributed by atoms with Gasteiger partial charge in [0.1, 0.15) is 24.7 Å². The molecule has 0 saturated carbocycles. The van der Waals surface area contributed by atoms with E-state index in [9.17, 15) is 4.79 Å². The number of hydrogen-bond donors (Lipinski definition) is 1. The summed E-state index contributed by atoms with van der Waals surface area (Å²) in [6.45, 7) is 0.527. The number of nitrogens with zero attached hydrogens (tertiary/aromatic N) is 1. The lowest BCUT2D eigenvalue weighted by molar-refractivity contribution is 0.0950. The number of nitrogens with one attached hydrogen (secondary N) is 1. The fourth-order valence-corrected chi connectivity index (χ4v) is 3.91. The molecule has 0 unspecified atom stereocenters. The Hall–Kier alpha value is -3.51. The smallest absolute Gasteiger partial charge is 0.275 e. The van der Waals surface area contributed by atoms with Gasteiger partial charge in [0.2, 0.25) is 0 Å². The predicted octanol–water partition coefficient (Wildman–Crippen LogP) is 7.57. The van der Waals surface area contributed by atoms with Crippen molar-refractivity contribution < 1.29 is 14.3 Å². The molecule has 4 aromatic carbocycles. The van der Waals surface area contributed by atoms with Crippen LogP contribution in [0.4, 0.5) is 0 Å². The highest BCUT2D eigenvalue weighted by molar-refractivity contribution is 6.35. The molecule has 0 radical (unpaired) electrons. The predicted molar refractivity (Wildman–Crippen MR) is 145 cm³/mol. The zero-order valence-corrected chi connectivity index (χ0v) is 21.2. The van der Waals surface area contributed by atoms with Crippen LogP contribution in [0.25, 0.3) is 0 Å². The number of carbonyl (C=O) groups excluding carboxylic acids is 1. The first-order chi connectivity index (χ1) is 17.5. The highest BCUT2D eigenvalue weighted by Gasteiger charge is 2.12. The summed E-state index contributed by atoms with van der Waals surface area (Å²) in [5.74, 6) is 0.668. The van der Waals surface area contributed by atoms with Gasteiger partial charge in [0, 0.05) is 26.2 Å². The summed E-state index contributed by atoms with van der Waals surface area (Å²) in [5.41, 5.74) is 5.30. The summed E-state index contributed by atoms with van der Waals surface area (Å²) in [6, 6.07) is 26.9. The third kappa shape index (κ3) is 7.01. The van der Waals surface area contributed by atoms with Gasteiger partial charge in [-0.05, 0) is 48.0 Å². The van der Waals surface area contributed by atoms with Crippen molar-refractivity contribution in [2.24, 2.45) is 5.10 Å². The number of rotatable bonds is 9. The monoisotopic (exact) mass is 538 g/mol. The number of halogens is 3. The van der Waals surface area contributed by atoms with Crippen LogP contribution in [-0.4, -0.2) is 12.1 Å². The van der Waals surface area contributed by atoms with E-state index in [1.54, 1.807) is 48.5 Å². The number of amides is 1. The molecule has 0 heterocycles. The molecule has 0 atom stereocenters. The maximum absolute atomic E-state index is 12.7. The molecular weight excluding hydrogens is 519 g/mol. The van der Waals surface area contributed by atoms with Crippen molar-refractivity contribution in [3.63, 3.8) is 0 Å². The fourth-order valence-electron chi connectivity index (χ4n) is 3.26. The Morgan fingerprint density at radius 2 is 1.53 bits per heavy atom. The first kappa shape index (κ1) is 25.6. The van der Waals surface area contributed by atoms with Gasteiger partial charge in [-0.2, -0.15) is 5.10 Å². The highest BCUT2D eigenvalue weighted by atomic mass is 35.5. The first-order valence-electron chi connectivity index (χ1n) is 10.9. The Labute approximate surface area is 224 Å². The van der Waals surface area contributed by atoms with E-state index in [1.807, 2.05) is 42.5 Å². The number of carbonyl (C=O) groups is 1. The minimum Gasteiger partial charge on any atom is -0.489 e. The molecule has 36 heavy (non-hydrogen) atoms. The molecule has 182 valence electrons. The van der Waals surface area contributed by atoms with Crippen LogP contribution < -0.4 is 14.9 Å². The van der Waals surface area contributed by atoms with E-state index in [-0.39, 0.29) is 13.2 Å². The Bertz CT molecular complexity index is 1390. The van der Waals surface area contributed by atoms with Gasteiger partial charge in [-0.3, -0.25) is 4.79 Å². The molecular formula is C28H21Cl3N2O3. The zero-order chi connectivity index (χ0) is 25.3. The molecule has 0 fully saturated rings. The number of ether oxygens (including phenoxy) is 2. The molecule has 0 spiro atoms. The van der Waals surface area contributed by atoms with Crippen molar-refractivity contribution >= 4 is 46.9 Å². The minimum absolute atomic E-state index is 0.237. The van der Waals surface area contributed by atoms with Gasteiger partial charge in [-0.1, -0.05) is 83.3 Å². The molecule has 0 saturated heterocycles. The van der Waals surface area contributed by atoms with Crippen LogP contribution in [0.3, 0.4) is 0 Å². The van der Waals surface area contributed by atoms with Gasteiger partial charge >= 0.3 is 0 Å². The van der Waals surface area contributed by atoms with Gasteiger partial charge in [-0.15, -0.1) is 0 Å². The summed E-state index contributed by atoms with van der Waals surface area (Å²) in [4.78, 5) is 12.7. The second-order valence-electron chi connectivity index (χ2n) is 7.67. The van der Waals surface area contributed by atoms with Crippen LogP contribution in [0.5, 0.6) is 11.5 Å². The van der Waals surface area contributed by atoms with Gasteiger partial charge in [0.15, 0.2) is 0 Å². The third-order valence-corrected chi connectivity index (χ3v) is 6.08. The van der Waals surface area contributed by atoms with Gasteiger partial charge in [0.25, 0.3) is 5.91 Å². The molecule has 0 aromatic heterocycles. The molecule has 0 aliphatic rings. The van der Waals surface area contributed by atoms with Crippen molar-refractivity contribution in [1.82, 2.24) is 5.43 Å². The van der Waals surface area contributed by atoms with Crippen molar-refractivity contribution in [2.75, 3.05) is 0 Å². The lowest BCUT2D eigenvalue weighted by Gasteiger charge is -2.11. The summed E-state index contributed by atoms with van der Waals surface area (Å²) >= 11 is 18.3. The van der Waals surface area contributed by atoms with E-state index in [1.165, 1.54) is 6.21 Å². The van der Waals surface area contributed by atoms with Crippen LogP contribution in [-0.2, 0) is 13.2 Å². The zero-order valence-electron chi connectivity index (χ0n) is 19.0. The van der Waals surface area contributed by atoms with Crippen LogP contribution in [0, 0.1) is 0 Å². The summed E-state index contributed by atoms with van der Waals surface area (Å²) in [6.07, 6.45) is 1.53. The van der Waals surface area contributed by atoms with E-state index < -0.39 is 5.91 Å². The first-order valence-corrected chi connectivity index (χ1v) is 12.1. The Morgan fingerprint density at radius 3 is 2.36 bits per heavy atom.